The van der Waals surface area contributed by atoms with Crippen LogP contribution in [-0.4, -0.2) is 0 Å². The average Bonchev–Trinajstić information content (AvgIpc) is 2.93. The SMILES string of the molecule is C/C=C1/C=C2CC3C(CCC4(C)C(C)CCC34)C2(C)CC1. The summed E-state index contributed by atoms with van der Waals surface area (Å²) >= 11 is 0. The van der Waals surface area contributed by atoms with Crippen molar-refractivity contribution in [2.75, 3.05) is 0 Å². The minimum absolute atomic E-state index is 0.546. The smallest absolute Gasteiger partial charge is 0.00788 e. The van der Waals surface area contributed by atoms with E-state index < -0.39 is 0 Å². The Labute approximate surface area is 131 Å². The summed E-state index contributed by atoms with van der Waals surface area (Å²) in [5.41, 5.74) is 4.63. The summed E-state index contributed by atoms with van der Waals surface area (Å²) in [5.74, 6) is 3.97. The zero-order valence-electron chi connectivity index (χ0n) is 14.4. The normalized spacial score (nSPS) is 54.1. The molecule has 0 saturated heterocycles. The molecule has 6 unspecified atom stereocenters. The lowest BCUT2D eigenvalue weighted by molar-refractivity contribution is 0.00106. The van der Waals surface area contributed by atoms with E-state index in [9.17, 15) is 0 Å². The molecular formula is C21H32. The number of hydrogen-bond donors (Lipinski definition) is 0. The second kappa shape index (κ2) is 4.49. The third-order valence-corrected chi connectivity index (χ3v) is 8.58. The molecule has 0 nitrogen and oxygen atoms in total. The average molecular weight is 284 g/mol. The van der Waals surface area contributed by atoms with E-state index >= 15 is 0 Å². The fourth-order valence-electron chi connectivity index (χ4n) is 6.85. The molecule has 0 aliphatic heterocycles. The molecule has 0 aromatic rings. The molecule has 116 valence electrons. The van der Waals surface area contributed by atoms with Gasteiger partial charge in [0.05, 0.1) is 0 Å². The molecule has 0 amide bonds. The number of hydrogen-bond acceptors (Lipinski definition) is 0. The van der Waals surface area contributed by atoms with E-state index in [0.29, 0.717) is 10.8 Å². The summed E-state index contributed by atoms with van der Waals surface area (Å²) in [7, 11) is 0. The van der Waals surface area contributed by atoms with Crippen LogP contribution in [0.15, 0.2) is 23.3 Å². The van der Waals surface area contributed by atoms with Crippen molar-refractivity contribution in [2.45, 2.75) is 72.6 Å². The molecular weight excluding hydrogens is 252 g/mol. The molecule has 4 rings (SSSR count). The molecule has 21 heavy (non-hydrogen) atoms. The summed E-state index contributed by atoms with van der Waals surface area (Å²) in [5, 5.41) is 0. The molecule has 6 atom stereocenters. The molecule has 3 fully saturated rings. The first-order valence-electron chi connectivity index (χ1n) is 9.35. The van der Waals surface area contributed by atoms with Crippen molar-refractivity contribution < 1.29 is 0 Å². The van der Waals surface area contributed by atoms with Crippen molar-refractivity contribution in [1.82, 2.24) is 0 Å². The molecule has 0 heteroatoms. The maximum Gasteiger partial charge on any atom is -0.00788 e. The van der Waals surface area contributed by atoms with Gasteiger partial charge in [-0.05, 0) is 86.4 Å². The number of rotatable bonds is 0. The standard InChI is InChI=1S/C21H32/c1-5-15-8-10-21(4)16(12-15)13-17-18-7-6-14(2)20(18,3)11-9-19(17)21/h5,12,14,17-19H,6-11,13H2,1-4H3/b15-5+. The van der Waals surface area contributed by atoms with Gasteiger partial charge < -0.3 is 0 Å². The quantitative estimate of drug-likeness (QED) is 0.501. The molecule has 0 heterocycles. The van der Waals surface area contributed by atoms with Crippen molar-refractivity contribution in [3.05, 3.63) is 23.3 Å². The molecule has 0 aromatic heterocycles. The minimum atomic E-state index is 0.546. The van der Waals surface area contributed by atoms with E-state index in [0.717, 1.165) is 23.7 Å². The van der Waals surface area contributed by atoms with Crippen LogP contribution in [0.4, 0.5) is 0 Å². The van der Waals surface area contributed by atoms with Crippen molar-refractivity contribution >= 4 is 0 Å². The summed E-state index contributed by atoms with van der Waals surface area (Å²) in [6, 6.07) is 0. The Balaban J connectivity index is 1.71. The van der Waals surface area contributed by atoms with Gasteiger partial charge in [-0.2, -0.15) is 0 Å². The molecule has 0 bridgehead atoms. The van der Waals surface area contributed by atoms with Gasteiger partial charge in [0.1, 0.15) is 0 Å². The lowest BCUT2D eigenvalue weighted by atomic mass is 9.55. The Kier molecular flexibility index (Phi) is 3.02. The second-order valence-electron chi connectivity index (χ2n) is 9.05. The van der Waals surface area contributed by atoms with Gasteiger partial charge in [-0.15, -0.1) is 0 Å². The van der Waals surface area contributed by atoms with Gasteiger partial charge in [0, 0.05) is 0 Å². The Hall–Kier alpha value is -0.520. The largest absolute Gasteiger partial charge is 0.0844 e. The van der Waals surface area contributed by atoms with Gasteiger partial charge >= 0.3 is 0 Å². The lowest BCUT2D eigenvalue weighted by Gasteiger charge is -2.49. The predicted molar refractivity (Wildman–Crippen MR) is 90.0 cm³/mol. The Morgan fingerprint density at radius 3 is 2.67 bits per heavy atom. The third kappa shape index (κ3) is 1.74. The van der Waals surface area contributed by atoms with Crippen LogP contribution in [0.2, 0.25) is 0 Å². The summed E-state index contributed by atoms with van der Waals surface area (Å²) in [4.78, 5) is 0. The number of allylic oxidation sites excluding steroid dienone is 4. The van der Waals surface area contributed by atoms with Crippen LogP contribution in [0.3, 0.4) is 0 Å². The Morgan fingerprint density at radius 1 is 1.10 bits per heavy atom. The molecule has 3 saturated carbocycles. The molecule has 0 N–H and O–H groups in total. The second-order valence-corrected chi connectivity index (χ2v) is 9.05. The Bertz CT molecular complexity index is 510. The third-order valence-electron chi connectivity index (χ3n) is 8.58. The van der Waals surface area contributed by atoms with Gasteiger partial charge in [0.15, 0.2) is 0 Å². The lowest BCUT2D eigenvalue weighted by Crippen LogP contribution is -2.42. The fraction of sp³-hybridized carbons (Fsp3) is 0.810. The van der Waals surface area contributed by atoms with Crippen LogP contribution >= 0.6 is 0 Å². The van der Waals surface area contributed by atoms with E-state index in [1.165, 1.54) is 44.9 Å². The van der Waals surface area contributed by atoms with Crippen LogP contribution in [0.1, 0.15) is 72.6 Å². The van der Waals surface area contributed by atoms with Gasteiger partial charge in [-0.25, -0.2) is 0 Å². The molecule has 4 aliphatic rings. The summed E-state index contributed by atoms with van der Waals surface area (Å²) < 4.78 is 0. The van der Waals surface area contributed by atoms with Crippen LogP contribution in [0.25, 0.3) is 0 Å². The van der Waals surface area contributed by atoms with Crippen molar-refractivity contribution in [3.63, 3.8) is 0 Å². The summed E-state index contributed by atoms with van der Waals surface area (Å²) in [6.45, 7) is 9.98. The zero-order chi connectivity index (χ0) is 14.8. The first-order valence-corrected chi connectivity index (χ1v) is 9.35. The minimum Gasteiger partial charge on any atom is -0.0844 e. The van der Waals surface area contributed by atoms with Gasteiger partial charge in [-0.3, -0.25) is 0 Å². The van der Waals surface area contributed by atoms with Crippen LogP contribution < -0.4 is 0 Å². The number of fused-ring (bicyclic) bond motifs is 5. The maximum absolute atomic E-state index is 2.63. The topological polar surface area (TPSA) is 0 Å². The highest BCUT2D eigenvalue weighted by atomic mass is 14.6. The van der Waals surface area contributed by atoms with E-state index in [4.69, 9.17) is 0 Å². The van der Waals surface area contributed by atoms with Gasteiger partial charge in [0.25, 0.3) is 0 Å². The predicted octanol–water partition coefficient (Wildman–Crippen LogP) is 6.14. The summed E-state index contributed by atoms with van der Waals surface area (Å²) in [6.07, 6.45) is 15.1. The van der Waals surface area contributed by atoms with Crippen molar-refractivity contribution in [2.24, 2.45) is 34.5 Å². The first-order chi connectivity index (χ1) is 9.99. The van der Waals surface area contributed by atoms with Gasteiger partial charge in [-0.1, -0.05) is 44.1 Å². The van der Waals surface area contributed by atoms with Crippen LogP contribution in [0.5, 0.6) is 0 Å². The van der Waals surface area contributed by atoms with E-state index in [2.05, 4.69) is 39.8 Å². The molecule has 4 aliphatic carbocycles. The highest BCUT2D eigenvalue weighted by Gasteiger charge is 2.59. The van der Waals surface area contributed by atoms with Crippen molar-refractivity contribution in [1.29, 1.82) is 0 Å². The molecule has 0 radical (unpaired) electrons. The monoisotopic (exact) mass is 284 g/mol. The zero-order valence-corrected chi connectivity index (χ0v) is 14.4. The molecule has 0 aromatic carbocycles. The van der Waals surface area contributed by atoms with E-state index in [1.807, 2.05) is 5.57 Å². The van der Waals surface area contributed by atoms with E-state index in [1.54, 1.807) is 5.57 Å². The molecule has 0 spiro atoms. The fourth-order valence-corrected chi connectivity index (χ4v) is 6.85. The van der Waals surface area contributed by atoms with E-state index in [-0.39, 0.29) is 0 Å². The highest BCUT2D eigenvalue weighted by molar-refractivity contribution is 5.36. The van der Waals surface area contributed by atoms with Crippen LogP contribution in [0, 0.1) is 34.5 Å². The Morgan fingerprint density at radius 2 is 1.90 bits per heavy atom. The van der Waals surface area contributed by atoms with Crippen LogP contribution in [-0.2, 0) is 0 Å². The van der Waals surface area contributed by atoms with Gasteiger partial charge in [0.2, 0.25) is 0 Å². The maximum atomic E-state index is 2.63. The first kappa shape index (κ1) is 14.1. The van der Waals surface area contributed by atoms with Crippen molar-refractivity contribution in [3.8, 4) is 0 Å². The highest BCUT2D eigenvalue weighted by Crippen LogP contribution is 2.68.